The minimum Gasteiger partial charge on any atom is -0.444 e. The quantitative estimate of drug-likeness (QED) is 0.524. The van der Waals surface area contributed by atoms with Crippen LogP contribution in [0.3, 0.4) is 0 Å². The Morgan fingerprint density at radius 3 is 2.64 bits per heavy atom. The monoisotopic (exact) mass is 201 g/mol. The van der Waals surface area contributed by atoms with E-state index in [1.165, 1.54) is 0 Å². The number of rotatable bonds is 5. The van der Waals surface area contributed by atoms with Gasteiger partial charge in [0.15, 0.2) is 0 Å². The summed E-state index contributed by atoms with van der Waals surface area (Å²) in [6, 6.07) is 0. The Morgan fingerprint density at radius 1 is 1.50 bits per heavy atom. The summed E-state index contributed by atoms with van der Waals surface area (Å²) >= 11 is 0. The molecule has 0 aliphatic carbocycles. The van der Waals surface area contributed by atoms with E-state index in [9.17, 15) is 9.59 Å². The van der Waals surface area contributed by atoms with Crippen molar-refractivity contribution in [1.29, 1.82) is 0 Å². The molecule has 0 unspecified atom stereocenters. The summed E-state index contributed by atoms with van der Waals surface area (Å²) in [7, 11) is 0. The van der Waals surface area contributed by atoms with Crippen LogP contribution in [0.1, 0.15) is 27.2 Å². The first kappa shape index (κ1) is 12.7. The average molecular weight is 201 g/mol. The van der Waals surface area contributed by atoms with Gasteiger partial charge in [0, 0.05) is 13.1 Å². The van der Waals surface area contributed by atoms with Gasteiger partial charge in [-0.05, 0) is 27.2 Å². The zero-order valence-electron chi connectivity index (χ0n) is 8.87. The van der Waals surface area contributed by atoms with E-state index in [-0.39, 0.29) is 0 Å². The van der Waals surface area contributed by atoms with Crippen molar-refractivity contribution in [2.75, 3.05) is 13.1 Å². The summed E-state index contributed by atoms with van der Waals surface area (Å²) in [5.41, 5.74) is -0.475. The minimum absolute atomic E-state index is 0.430. The summed E-state index contributed by atoms with van der Waals surface area (Å²) in [6.45, 7) is 6.29. The summed E-state index contributed by atoms with van der Waals surface area (Å²) in [5.74, 6) is 0. The fourth-order valence-corrected chi connectivity index (χ4v) is 0.728. The van der Waals surface area contributed by atoms with Crippen LogP contribution in [0.25, 0.3) is 0 Å². The third kappa shape index (κ3) is 8.83. The number of ether oxygens (including phenoxy) is 1. The van der Waals surface area contributed by atoms with Gasteiger partial charge in [-0.15, -0.1) is 0 Å². The molecule has 0 saturated heterocycles. The van der Waals surface area contributed by atoms with Crippen molar-refractivity contribution < 1.29 is 14.3 Å². The first-order chi connectivity index (χ1) is 6.45. The molecular weight excluding hydrogens is 184 g/mol. The van der Waals surface area contributed by atoms with E-state index in [1.807, 2.05) is 0 Å². The third-order valence-electron chi connectivity index (χ3n) is 1.21. The van der Waals surface area contributed by atoms with Crippen molar-refractivity contribution in [3.63, 3.8) is 0 Å². The summed E-state index contributed by atoms with van der Waals surface area (Å²) in [6.07, 6.45) is 0.703. The second-order valence-electron chi connectivity index (χ2n) is 3.79. The average Bonchev–Trinajstić information content (AvgIpc) is 2.00. The standard InChI is InChI=1S/C9H17N2O3/c1-9(2,3)14-8(13)11-6-4-5-10-7-12/h7H,4-6H2,1-3H3,(H,11,13). The van der Waals surface area contributed by atoms with Crippen molar-refractivity contribution >= 4 is 12.5 Å². The van der Waals surface area contributed by atoms with Crippen LogP contribution in [0.5, 0.6) is 0 Å². The van der Waals surface area contributed by atoms with Crippen LogP contribution in [0, 0.1) is 0 Å². The number of hydrogen-bond donors (Lipinski definition) is 1. The number of carbonyl (C=O) groups excluding carboxylic acids is 2. The highest BCUT2D eigenvalue weighted by Gasteiger charge is 2.15. The molecule has 0 aliphatic heterocycles. The van der Waals surface area contributed by atoms with Gasteiger partial charge in [-0.25, -0.2) is 4.79 Å². The van der Waals surface area contributed by atoms with Gasteiger partial charge in [-0.3, -0.25) is 10.1 Å². The van der Waals surface area contributed by atoms with Crippen LogP contribution in [-0.4, -0.2) is 31.2 Å². The third-order valence-corrected chi connectivity index (χ3v) is 1.21. The lowest BCUT2D eigenvalue weighted by molar-refractivity contribution is -0.109. The maximum absolute atomic E-state index is 11.1. The number of nitrogens with one attached hydrogen (secondary N) is 1. The Kier molecular flexibility index (Phi) is 5.67. The Labute approximate surface area is 84.2 Å². The molecule has 0 saturated carbocycles. The molecule has 0 bridgehead atoms. The summed E-state index contributed by atoms with van der Waals surface area (Å²) < 4.78 is 4.99. The predicted octanol–water partition coefficient (Wildman–Crippen LogP) is 0.662. The lowest BCUT2D eigenvalue weighted by atomic mass is 10.2. The van der Waals surface area contributed by atoms with Crippen LogP contribution in [0.4, 0.5) is 4.79 Å². The molecule has 0 spiro atoms. The van der Waals surface area contributed by atoms with Crippen molar-refractivity contribution in [2.45, 2.75) is 32.8 Å². The van der Waals surface area contributed by atoms with Crippen molar-refractivity contribution in [2.24, 2.45) is 0 Å². The van der Waals surface area contributed by atoms with Crippen molar-refractivity contribution in [1.82, 2.24) is 10.6 Å². The molecule has 14 heavy (non-hydrogen) atoms. The Morgan fingerprint density at radius 2 is 2.14 bits per heavy atom. The van der Waals surface area contributed by atoms with Crippen LogP contribution in [0.15, 0.2) is 0 Å². The van der Waals surface area contributed by atoms with Crippen LogP contribution < -0.4 is 10.6 Å². The molecule has 5 heteroatoms. The van der Waals surface area contributed by atoms with Crippen LogP contribution >= 0.6 is 0 Å². The van der Waals surface area contributed by atoms with Gasteiger partial charge in [0.25, 0.3) is 0 Å². The second-order valence-corrected chi connectivity index (χ2v) is 3.79. The fraction of sp³-hybridized carbons (Fsp3) is 0.778. The number of alkyl carbamates (subject to hydrolysis) is 1. The molecule has 5 nitrogen and oxygen atoms in total. The number of nitrogens with zero attached hydrogens (tertiary/aromatic N) is 1. The predicted molar refractivity (Wildman–Crippen MR) is 51.9 cm³/mol. The molecule has 1 radical (unpaired) electrons. The van der Waals surface area contributed by atoms with E-state index in [4.69, 9.17) is 4.74 Å². The number of hydrogen-bond acceptors (Lipinski definition) is 3. The minimum atomic E-state index is -0.475. The largest absolute Gasteiger partial charge is 0.444 e. The molecule has 0 aromatic carbocycles. The first-order valence-corrected chi connectivity index (χ1v) is 4.53. The van der Waals surface area contributed by atoms with Gasteiger partial charge in [0.1, 0.15) is 5.60 Å². The second kappa shape index (κ2) is 6.23. The Bertz CT molecular complexity index is 187. The SMILES string of the molecule is CC(C)(C)OC(=O)NCCC[N]C=O. The molecule has 0 aromatic rings. The first-order valence-electron chi connectivity index (χ1n) is 4.53. The smallest absolute Gasteiger partial charge is 0.407 e. The molecule has 0 aliphatic rings. The molecule has 0 fully saturated rings. The van der Waals surface area contributed by atoms with E-state index in [0.29, 0.717) is 25.9 Å². The molecule has 1 N–H and O–H groups in total. The van der Waals surface area contributed by atoms with E-state index in [0.717, 1.165) is 0 Å². The van der Waals surface area contributed by atoms with Gasteiger partial charge in [0.05, 0.1) is 0 Å². The molecule has 2 amide bonds. The van der Waals surface area contributed by atoms with Crippen LogP contribution in [0.2, 0.25) is 0 Å². The van der Waals surface area contributed by atoms with Gasteiger partial charge in [-0.2, -0.15) is 0 Å². The molecule has 0 rings (SSSR count). The van der Waals surface area contributed by atoms with E-state index < -0.39 is 11.7 Å². The molecule has 0 aromatic heterocycles. The van der Waals surface area contributed by atoms with Gasteiger partial charge >= 0.3 is 6.09 Å². The summed E-state index contributed by atoms with van der Waals surface area (Å²) in [5, 5.41) is 6.03. The van der Waals surface area contributed by atoms with Gasteiger partial charge in [0.2, 0.25) is 6.41 Å². The topological polar surface area (TPSA) is 69.5 Å². The van der Waals surface area contributed by atoms with Crippen molar-refractivity contribution in [3.8, 4) is 0 Å². The Balaban J connectivity index is 3.41. The highest BCUT2D eigenvalue weighted by molar-refractivity contribution is 5.67. The highest BCUT2D eigenvalue weighted by atomic mass is 16.6. The highest BCUT2D eigenvalue weighted by Crippen LogP contribution is 2.06. The molecule has 0 heterocycles. The lowest BCUT2D eigenvalue weighted by Gasteiger charge is -2.19. The zero-order valence-corrected chi connectivity index (χ0v) is 8.87. The fourth-order valence-electron chi connectivity index (χ4n) is 0.728. The van der Waals surface area contributed by atoms with E-state index >= 15 is 0 Å². The maximum Gasteiger partial charge on any atom is 0.407 e. The maximum atomic E-state index is 11.1. The van der Waals surface area contributed by atoms with Gasteiger partial charge < -0.3 is 10.1 Å². The lowest BCUT2D eigenvalue weighted by Crippen LogP contribution is -2.33. The van der Waals surface area contributed by atoms with Crippen molar-refractivity contribution in [3.05, 3.63) is 0 Å². The normalized spacial score (nSPS) is 10.5. The number of amides is 2. The molecule has 0 atom stereocenters. The zero-order chi connectivity index (χ0) is 11.0. The number of carbonyl (C=O) groups is 2. The van der Waals surface area contributed by atoms with Crippen LogP contribution in [-0.2, 0) is 9.53 Å². The Hall–Kier alpha value is -1.26. The van der Waals surface area contributed by atoms with Gasteiger partial charge in [-0.1, -0.05) is 0 Å². The van der Waals surface area contributed by atoms with E-state index in [2.05, 4.69) is 10.6 Å². The molecular formula is C9H17N2O3. The summed E-state index contributed by atoms with van der Waals surface area (Å²) in [4.78, 5) is 20.9. The van der Waals surface area contributed by atoms with E-state index in [1.54, 1.807) is 20.8 Å². The molecule has 81 valence electrons.